The van der Waals surface area contributed by atoms with Crippen LogP contribution < -0.4 is 5.32 Å². The van der Waals surface area contributed by atoms with Gasteiger partial charge in [0, 0.05) is 11.6 Å². The van der Waals surface area contributed by atoms with Crippen LogP contribution in [-0.2, 0) is 6.42 Å². The fourth-order valence-electron chi connectivity index (χ4n) is 2.91. The molecule has 20 heavy (non-hydrogen) atoms. The molecule has 1 aliphatic rings. The Morgan fingerprint density at radius 1 is 1.15 bits per heavy atom. The van der Waals surface area contributed by atoms with Crippen molar-refractivity contribution in [1.29, 1.82) is 0 Å². The molecule has 0 aliphatic carbocycles. The number of hydrogen-bond donors (Lipinski definition) is 1. The maximum absolute atomic E-state index is 6.15. The maximum Gasteiger partial charge on any atom is 0.0580 e. The molecular weight excluding hydrogens is 266 g/mol. The number of nitrogens with one attached hydrogen (secondary N) is 1. The third-order valence-electron chi connectivity index (χ3n) is 4.07. The van der Waals surface area contributed by atoms with Crippen LogP contribution in [0.1, 0.15) is 48.1 Å². The Morgan fingerprint density at radius 3 is 2.75 bits per heavy atom. The van der Waals surface area contributed by atoms with Gasteiger partial charge < -0.3 is 5.32 Å². The first-order chi connectivity index (χ1) is 9.65. The summed E-state index contributed by atoms with van der Waals surface area (Å²) in [5, 5.41) is 4.43. The molecular formula is C18H20ClN. The average molecular weight is 286 g/mol. The topological polar surface area (TPSA) is 12.0 Å². The van der Waals surface area contributed by atoms with Crippen molar-refractivity contribution in [2.75, 3.05) is 6.54 Å². The van der Waals surface area contributed by atoms with E-state index in [0.717, 1.165) is 18.0 Å². The quantitative estimate of drug-likeness (QED) is 0.843. The minimum atomic E-state index is 0.260. The van der Waals surface area contributed by atoms with Gasteiger partial charge in [-0.05, 0) is 46.7 Å². The molecule has 2 aromatic carbocycles. The third kappa shape index (κ3) is 2.61. The van der Waals surface area contributed by atoms with E-state index < -0.39 is 0 Å². The van der Waals surface area contributed by atoms with Gasteiger partial charge in [0.2, 0.25) is 0 Å². The van der Waals surface area contributed by atoms with E-state index >= 15 is 0 Å². The van der Waals surface area contributed by atoms with E-state index in [1.807, 2.05) is 12.1 Å². The maximum atomic E-state index is 6.15. The molecule has 104 valence electrons. The first-order valence-electron chi connectivity index (χ1n) is 7.26. The summed E-state index contributed by atoms with van der Waals surface area (Å²) in [7, 11) is 0. The second-order valence-electron chi connectivity index (χ2n) is 5.81. The summed E-state index contributed by atoms with van der Waals surface area (Å²) in [5.41, 5.74) is 5.52. The predicted molar refractivity (Wildman–Crippen MR) is 85.5 cm³/mol. The Balaban J connectivity index is 2.06. The van der Waals surface area contributed by atoms with Crippen LogP contribution in [0, 0.1) is 0 Å². The molecule has 0 amide bonds. The zero-order valence-corrected chi connectivity index (χ0v) is 12.7. The van der Waals surface area contributed by atoms with Crippen LogP contribution >= 0.6 is 11.6 Å². The van der Waals surface area contributed by atoms with Crippen molar-refractivity contribution in [1.82, 2.24) is 5.32 Å². The molecule has 0 bridgehead atoms. The molecule has 0 fully saturated rings. The van der Waals surface area contributed by atoms with Gasteiger partial charge in [-0.1, -0.05) is 55.8 Å². The van der Waals surface area contributed by atoms with Gasteiger partial charge in [0.05, 0.1) is 6.04 Å². The van der Waals surface area contributed by atoms with Gasteiger partial charge in [0.1, 0.15) is 0 Å². The number of fused-ring (bicyclic) bond motifs is 1. The summed E-state index contributed by atoms with van der Waals surface area (Å²) in [6, 6.07) is 15.4. The molecule has 0 radical (unpaired) electrons. The fourth-order valence-corrected chi connectivity index (χ4v) is 3.11. The van der Waals surface area contributed by atoms with Crippen molar-refractivity contribution in [2.45, 2.75) is 32.2 Å². The standard InChI is InChI=1S/C18H20ClN/c1-12(2)14-7-6-13-8-9-20-18(17(13)11-14)15-4-3-5-16(19)10-15/h3-7,10-12,18,20H,8-9H2,1-2H3. The first-order valence-corrected chi connectivity index (χ1v) is 7.64. The summed E-state index contributed by atoms with van der Waals surface area (Å²) < 4.78 is 0. The summed E-state index contributed by atoms with van der Waals surface area (Å²) in [4.78, 5) is 0. The molecule has 1 N–H and O–H groups in total. The van der Waals surface area contributed by atoms with Gasteiger partial charge in [-0.15, -0.1) is 0 Å². The van der Waals surface area contributed by atoms with E-state index in [1.165, 1.54) is 22.3 Å². The molecule has 2 aromatic rings. The molecule has 0 spiro atoms. The SMILES string of the molecule is CC(C)c1ccc2c(c1)C(c1cccc(Cl)c1)NCC2. The van der Waals surface area contributed by atoms with Crippen molar-refractivity contribution in [3.05, 3.63) is 69.7 Å². The van der Waals surface area contributed by atoms with E-state index in [-0.39, 0.29) is 6.04 Å². The molecule has 1 atom stereocenters. The highest BCUT2D eigenvalue weighted by molar-refractivity contribution is 6.30. The van der Waals surface area contributed by atoms with Gasteiger partial charge >= 0.3 is 0 Å². The van der Waals surface area contributed by atoms with Crippen molar-refractivity contribution in [2.24, 2.45) is 0 Å². The fraction of sp³-hybridized carbons (Fsp3) is 0.333. The van der Waals surface area contributed by atoms with E-state index in [9.17, 15) is 0 Å². The molecule has 3 rings (SSSR count). The number of halogens is 1. The van der Waals surface area contributed by atoms with Gasteiger partial charge in [0.15, 0.2) is 0 Å². The Bertz CT molecular complexity index is 619. The normalized spacial score (nSPS) is 18.1. The van der Waals surface area contributed by atoms with E-state index in [2.05, 4.69) is 49.5 Å². The summed E-state index contributed by atoms with van der Waals surface area (Å²) in [6.07, 6.45) is 1.10. The Kier molecular flexibility index (Phi) is 3.82. The molecule has 1 aliphatic heterocycles. The summed E-state index contributed by atoms with van der Waals surface area (Å²) >= 11 is 6.15. The lowest BCUT2D eigenvalue weighted by atomic mass is 9.87. The van der Waals surface area contributed by atoms with Crippen LogP contribution in [-0.4, -0.2) is 6.54 Å². The second kappa shape index (κ2) is 5.59. The first kappa shape index (κ1) is 13.7. The van der Waals surface area contributed by atoms with E-state index in [1.54, 1.807) is 0 Å². The largest absolute Gasteiger partial charge is 0.306 e. The average Bonchev–Trinajstić information content (AvgIpc) is 2.46. The predicted octanol–water partition coefficient (Wildman–Crippen LogP) is 4.70. The molecule has 2 heteroatoms. The molecule has 1 heterocycles. The van der Waals surface area contributed by atoms with Gasteiger partial charge in [-0.25, -0.2) is 0 Å². The number of hydrogen-bond acceptors (Lipinski definition) is 1. The van der Waals surface area contributed by atoms with Crippen molar-refractivity contribution < 1.29 is 0 Å². The second-order valence-corrected chi connectivity index (χ2v) is 6.24. The lowest BCUT2D eigenvalue weighted by Crippen LogP contribution is -2.30. The van der Waals surface area contributed by atoms with E-state index in [0.29, 0.717) is 5.92 Å². The number of benzene rings is 2. The van der Waals surface area contributed by atoms with Crippen LogP contribution in [0.3, 0.4) is 0 Å². The monoisotopic (exact) mass is 285 g/mol. The van der Waals surface area contributed by atoms with Crippen LogP contribution in [0.4, 0.5) is 0 Å². The molecule has 1 unspecified atom stereocenters. The van der Waals surface area contributed by atoms with Crippen molar-refractivity contribution in [3.63, 3.8) is 0 Å². The smallest absolute Gasteiger partial charge is 0.0580 e. The molecule has 1 nitrogen and oxygen atoms in total. The summed E-state index contributed by atoms with van der Waals surface area (Å²) in [5.74, 6) is 0.558. The highest BCUT2D eigenvalue weighted by Gasteiger charge is 2.22. The Morgan fingerprint density at radius 2 is 2.00 bits per heavy atom. The van der Waals surface area contributed by atoms with Gasteiger partial charge in [0.25, 0.3) is 0 Å². The van der Waals surface area contributed by atoms with Crippen LogP contribution in [0.15, 0.2) is 42.5 Å². The lowest BCUT2D eigenvalue weighted by Gasteiger charge is -2.28. The van der Waals surface area contributed by atoms with Crippen molar-refractivity contribution >= 4 is 11.6 Å². The zero-order valence-electron chi connectivity index (χ0n) is 12.0. The van der Waals surface area contributed by atoms with E-state index in [4.69, 9.17) is 11.6 Å². The van der Waals surface area contributed by atoms with Gasteiger partial charge in [-0.3, -0.25) is 0 Å². The molecule has 0 aromatic heterocycles. The third-order valence-corrected chi connectivity index (χ3v) is 4.31. The van der Waals surface area contributed by atoms with Crippen LogP contribution in [0.25, 0.3) is 0 Å². The Hall–Kier alpha value is -1.31. The lowest BCUT2D eigenvalue weighted by molar-refractivity contribution is 0.566. The summed E-state index contributed by atoms with van der Waals surface area (Å²) in [6.45, 7) is 5.50. The zero-order chi connectivity index (χ0) is 14.1. The van der Waals surface area contributed by atoms with Gasteiger partial charge in [-0.2, -0.15) is 0 Å². The van der Waals surface area contributed by atoms with Crippen LogP contribution in [0.2, 0.25) is 5.02 Å². The highest BCUT2D eigenvalue weighted by Crippen LogP contribution is 2.32. The highest BCUT2D eigenvalue weighted by atomic mass is 35.5. The molecule has 0 saturated heterocycles. The molecule has 0 saturated carbocycles. The van der Waals surface area contributed by atoms with Crippen LogP contribution in [0.5, 0.6) is 0 Å². The minimum absolute atomic E-state index is 0.260. The van der Waals surface area contributed by atoms with Crippen molar-refractivity contribution in [3.8, 4) is 0 Å². The minimum Gasteiger partial charge on any atom is -0.306 e. The Labute approximate surface area is 126 Å². The number of rotatable bonds is 2.